The molecule has 1 aromatic rings. The fraction of sp³-hybridized carbons (Fsp3) is 0.667. The molecule has 2 rings (SSSR count). The van der Waals surface area contributed by atoms with Gasteiger partial charge in [-0.25, -0.2) is 0 Å². The third kappa shape index (κ3) is 2.60. The lowest BCUT2D eigenvalue weighted by Crippen LogP contribution is -2.15. The third-order valence-corrected chi connectivity index (χ3v) is 5.04. The smallest absolute Gasteiger partial charge is 0.00657 e. The molecule has 1 fully saturated rings. The lowest BCUT2D eigenvalue weighted by molar-refractivity contribution is 0.375. The van der Waals surface area contributed by atoms with E-state index >= 15 is 0 Å². The Morgan fingerprint density at radius 3 is 2.79 bits per heavy atom. The molecule has 1 heterocycles. The second kappa shape index (κ2) is 5.32. The molecule has 1 aromatic heterocycles. The van der Waals surface area contributed by atoms with E-state index in [0.29, 0.717) is 0 Å². The molecule has 0 nitrogen and oxygen atoms in total. The van der Waals surface area contributed by atoms with E-state index < -0.39 is 0 Å². The maximum Gasteiger partial charge on any atom is 0.00657 e. The van der Waals surface area contributed by atoms with Crippen LogP contribution in [0.4, 0.5) is 0 Å². The van der Waals surface area contributed by atoms with Gasteiger partial charge in [0.15, 0.2) is 0 Å². The predicted molar refractivity (Wildman–Crippen MR) is 67.3 cm³/mol. The molecule has 0 radical (unpaired) electrons. The van der Waals surface area contributed by atoms with Crippen molar-refractivity contribution >= 4 is 27.3 Å². The molecule has 2 heteroatoms. The molecule has 78 valence electrons. The van der Waals surface area contributed by atoms with E-state index in [0.717, 1.165) is 11.8 Å². The van der Waals surface area contributed by atoms with Crippen molar-refractivity contribution in [1.29, 1.82) is 0 Å². The molecule has 14 heavy (non-hydrogen) atoms. The normalized spacial score (nSPS) is 20.1. The molecule has 1 unspecified atom stereocenters. The van der Waals surface area contributed by atoms with Gasteiger partial charge in [-0.05, 0) is 29.7 Å². The Bertz CT molecular complexity index is 249. The topological polar surface area (TPSA) is 0 Å². The van der Waals surface area contributed by atoms with Gasteiger partial charge in [0.25, 0.3) is 0 Å². The lowest BCUT2D eigenvalue weighted by atomic mass is 9.89. The van der Waals surface area contributed by atoms with Crippen LogP contribution in [0.2, 0.25) is 0 Å². The van der Waals surface area contributed by atoms with Crippen molar-refractivity contribution in [2.75, 3.05) is 5.33 Å². The van der Waals surface area contributed by atoms with E-state index in [4.69, 9.17) is 0 Å². The van der Waals surface area contributed by atoms with Crippen LogP contribution in [0.15, 0.2) is 17.5 Å². The molecule has 0 N–H and O–H groups in total. The molecule has 1 aliphatic carbocycles. The van der Waals surface area contributed by atoms with Crippen molar-refractivity contribution in [2.45, 2.75) is 32.1 Å². The van der Waals surface area contributed by atoms with Crippen LogP contribution in [0, 0.1) is 11.8 Å². The second-order valence-corrected chi connectivity index (χ2v) is 5.92. The molecular weight excluding hydrogens is 256 g/mol. The van der Waals surface area contributed by atoms with Crippen LogP contribution in [0.1, 0.15) is 30.6 Å². The first-order valence-electron chi connectivity index (χ1n) is 5.48. The molecule has 0 spiro atoms. The highest BCUT2D eigenvalue weighted by molar-refractivity contribution is 9.09. The standard InChI is InChI=1S/C12H17BrS/c13-9-11(10-4-1-2-5-10)8-12-6-3-7-14-12/h3,6-7,10-11H,1-2,4-5,8-9H2. The van der Waals surface area contributed by atoms with Crippen LogP contribution >= 0.6 is 27.3 Å². The van der Waals surface area contributed by atoms with E-state index in [9.17, 15) is 0 Å². The average molecular weight is 273 g/mol. The van der Waals surface area contributed by atoms with Gasteiger partial charge in [0.1, 0.15) is 0 Å². The molecule has 0 aliphatic heterocycles. The van der Waals surface area contributed by atoms with E-state index in [1.165, 1.54) is 37.4 Å². The molecule has 1 atom stereocenters. The molecular formula is C12H17BrS. The molecule has 0 aromatic carbocycles. The maximum absolute atomic E-state index is 3.68. The number of rotatable bonds is 4. The van der Waals surface area contributed by atoms with Gasteiger partial charge in [0.2, 0.25) is 0 Å². The Morgan fingerprint density at radius 1 is 1.43 bits per heavy atom. The fourth-order valence-electron chi connectivity index (χ4n) is 2.46. The Kier molecular flexibility index (Phi) is 4.06. The fourth-order valence-corrected chi connectivity index (χ4v) is 4.02. The van der Waals surface area contributed by atoms with Crippen molar-refractivity contribution in [3.63, 3.8) is 0 Å². The van der Waals surface area contributed by atoms with Gasteiger partial charge in [0, 0.05) is 10.2 Å². The summed E-state index contributed by atoms with van der Waals surface area (Å²) in [6, 6.07) is 4.44. The van der Waals surface area contributed by atoms with Crippen molar-refractivity contribution in [3.8, 4) is 0 Å². The summed E-state index contributed by atoms with van der Waals surface area (Å²) in [4.78, 5) is 1.56. The minimum absolute atomic E-state index is 0.871. The van der Waals surface area contributed by atoms with Gasteiger partial charge in [-0.15, -0.1) is 11.3 Å². The zero-order chi connectivity index (χ0) is 9.80. The van der Waals surface area contributed by atoms with Gasteiger partial charge in [-0.2, -0.15) is 0 Å². The molecule has 0 bridgehead atoms. The summed E-state index contributed by atoms with van der Waals surface area (Å²) in [7, 11) is 0. The summed E-state index contributed by atoms with van der Waals surface area (Å²) in [6.07, 6.45) is 7.12. The van der Waals surface area contributed by atoms with Crippen LogP contribution in [0.25, 0.3) is 0 Å². The molecule has 1 aliphatic rings. The summed E-state index contributed by atoms with van der Waals surface area (Å²) >= 11 is 5.58. The molecule has 0 amide bonds. The Hall–Kier alpha value is 0.180. The van der Waals surface area contributed by atoms with E-state index in [1.54, 1.807) is 4.88 Å². The van der Waals surface area contributed by atoms with Crippen LogP contribution in [0.5, 0.6) is 0 Å². The summed E-state index contributed by atoms with van der Waals surface area (Å²) < 4.78 is 0. The van der Waals surface area contributed by atoms with E-state index in [1.807, 2.05) is 11.3 Å². The Morgan fingerprint density at radius 2 is 2.21 bits per heavy atom. The first kappa shape index (κ1) is 10.7. The quantitative estimate of drug-likeness (QED) is 0.709. The number of hydrogen-bond acceptors (Lipinski definition) is 1. The highest BCUT2D eigenvalue weighted by atomic mass is 79.9. The third-order valence-electron chi connectivity index (χ3n) is 3.31. The van der Waals surface area contributed by atoms with Crippen LogP contribution < -0.4 is 0 Å². The number of halogens is 1. The number of hydrogen-bond donors (Lipinski definition) is 0. The molecule has 1 saturated carbocycles. The van der Waals surface area contributed by atoms with Gasteiger partial charge >= 0.3 is 0 Å². The van der Waals surface area contributed by atoms with E-state index in [2.05, 4.69) is 33.4 Å². The average Bonchev–Trinajstić information content (AvgIpc) is 2.86. The van der Waals surface area contributed by atoms with Crippen LogP contribution in [-0.2, 0) is 6.42 Å². The number of thiophene rings is 1. The van der Waals surface area contributed by atoms with Crippen molar-refractivity contribution in [1.82, 2.24) is 0 Å². The highest BCUT2D eigenvalue weighted by Gasteiger charge is 2.24. The first-order chi connectivity index (χ1) is 6.90. The number of alkyl halides is 1. The van der Waals surface area contributed by atoms with Gasteiger partial charge in [-0.1, -0.05) is 47.7 Å². The SMILES string of the molecule is BrCC(Cc1cccs1)C1CCCC1. The largest absolute Gasteiger partial charge is 0.149 e. The first-order valence-corrected chi connectivity index (χ1v) is 7.48. The minimum Gasteiger partial charge on any atom is -0.149 e. The monoisotopic (exact) mass is 272 g/mol. The van der Waals surface area contributed by atoms with Crippen molar-refractivity contribution in [3.05, 3.63) is 22.4 Å². The minimum atomic E-state index is 0.871. The predicted octanol–water partition coefficient (Wildman–Crippen LogP) is 4.49. The zero-order valence-corrected chi connectivity index (χ0v) is 10.8. The van der Waals surface area contributed by atoms with Gasteiger partial charge in [-0.3, -0.25) is 0 Å². The zero-order valence-electron chi connectivity index (χ0n) is 8.42. The lowest BCUT2D eigenvalue weighted by Gasteiger charge is -2.20. The summed E-state index contributed by atoms with van der Waals surface area (Å²) in [6.45, 7) is 0. The van der Waals surface area contributed by atoms with Crippen LogP contribution in [-0.4, -0.2) is 5.33 Å². The Labute approximate surface area is 98.9 Å². The Balaban J connectivity index is 1.92. The van der Waals surface area contributed by atoms with Gasteiger partial charge < -0.3 is 0 Å². The summed E-state index contributed by atoms with van der Waals surface area (Å²) in [5, 5.41) is 3.37. The summed E-state index contributed by atoms with van der Waals surface area (Å²) in [5.74, 6) is 1.85. The van der Waals surface area contributed by atoms with E-state index in [-0.39, 0.29) is 0 Å². The van der Waals surface area contributed by atoms with Crippen molar-refractivity contribution in [2.24, 2.45) is 11.8 Å². The van der Waals surface area contributed by atoms with Crippen LogP contribution in [0.3, 0.4) is 0 Å². The molecule has 0 saturated heterocycles. The van der Waals surface area contributed by atoms with Crippen molar-refractivity contribution < 1.29 is 0 Å². The second-order valence-electron chi connectivity index (χ2n) is 4.24. The summed E-state index contributed by atoms with van der Waals surface area (Å²) in [5.41, 5.74) is 0. The van der Waals surface area contributed by atoms with Gasteiger partial charge in [0.05, 0.1) is 0 Å². The maximum atomic E-state index is 3.68. The highest BCUT2D eigenvalue weighted by Crippen LogP contribution is 2.34.